The maximum Gasteiger partial charge on any atom is 0.166 e. The Hall–Kier alpha value is -1.13. The van der Waals surface area contributed by atoms with Gasteiger partial charge in [-0.25, -0.2) is 0 Å². The summed E-state index contributed by atoms with van der Waals surface area (Å²) in [5.41, 5.74) is 1.37. The van der Waals surface area contributed by atoms with Crippen molar-refractivity contribution < 1.29 is 5.32 Å². The lowest BCUT2D eigenvalue weighted by Gasteiger charge is -2.24. The van der Waals surface area contributed by atoms with Gasteiger partial charge in [0.15, 0.2) is 5.11 Å². The van der Waals surface area contributed by atoms with Gasteiger partial charge in [-0.3, -0.25) is 0 Å². The lowest BCUT2D eigenvalue weighted by molar-refractivity contribution is -0.668. The molecule has 4 N–H and O–H groups in total. The zero-order valence-corrected chi connectivity index (χ0v) is 12.9. The van der Waals surface area contributed by atoms with E-state index in [0.29, 0.717) is 6.04 Å². The minimum atomic E-state index is 0.594. The molecule has 0 saturated heterocycles. The molecule has 2 rings (SSSR count). The average Bonchev–Trinajstić information content (AvgIpc) is 2.49. The van der Waals surface area contributed by atoms with Crippen molar-refractivity contribution in [2.75, 3.05) is 13.1 Å². The van der Waals surface area contributed by atoms with Crippen LogP contribution in [0.3, 0.4) is 0 Å². The monoisotopic (exact) mass is 292 g/mol. The second-order valence-electron chi connectivity index (χ2n) is 5.50. The minimum absolute atomic E-state index is 0.594. The summed E-state index contributed by atoms with van der Waals surface area (Å²) < 4.78 is 0. The molecule has 1 aromatic rings. The second-order valence-corrected chi connectivity index (χ2v) is 5.91. The van der Waals surface area contributed by atoms with Crippen LogP contribution < -0.4 is 16.0 Å². The van der Waals surface area contributed by atoms with Crippen molar-refractivity contribution in [3.63, 3.8) is 0 Å². The van der Waals surface area contributed by atoms with Crippen LogP contribution in [0.5, 0.6) is 0 Å². The van der Waals surface area contributed by atoms with Crippen LogP contribution in [-0.4, -0.2) is 24.2 Å². The molecule has 0 aromatic heterocycles. The molecule has 0 unspecified atom stereocenters. The summed E-state index contributed by atoms with van der Waals surface area (Å²) in [6.45, 7) is 3.00. The van der Waals surface area contributed by atoms with Crippen LogP contribution in [0.1, 0.15) is 37.7 Å². The lowest BCUT2D eigenvalue weighted by Crippen LogP contribution is -2.84. The molecule has 0 bridgehead atoms. The Kier molecular flexibility index (Phi) is 6.81. The molecule has 0 radical (unpaired) electrons. The standard InChI is InChI=1S/C16H25N3S/c20-16(19-15-9-5-2-6-10-15)18-12-11-17-13-14-7-3-1-4-8-14/h1,3-4,7-8,15,17H,2,5-6,9-13H2,(H2,18,19,20)/p+1. The normalized spacial score (nSPS) is 15.8. The van der Waals surface area contributed by atoms with E-state index in [1.165, 1.54) is 37.7 Å². The number of hydrogen-bond donors (Lipinski definition) is 3. The third kappa shape index (κ3) is 5.88. The number of rotatable bonds is 6. The Bertz CT molecular complexity index is 388. The van der Waals surface area contributed by atoms with Gasteiger partial charge in [-0.1, -0.05) is 49.6 Å². The maximum atomic E-state index is 5.34. The molecule has 1 fully saturated rings. The molecule has 0 amide bonds. The van der Waals surface area contributed by atoms with Crippen LogP contribution in [0.25, 0.3) is 0 Å². The van der Waals surface area contributed by atoms with E-state index in [4.69, 9.17) is 12.2 Å². The predicted molar refractivity (Wildman–Crippen MR) is 87.5 cm³/mol. The van der Waals surface area contributed by atoms with E-state index in [9.17, 15) is 0 Å². The zero-order chi connectivity index (χ0) is 14.0. The van der Waals surface area contributed by atoms with Crippen molar-refractivity contribution in [1.29, 1.82) is 0 Å². The fourth-order valence-electron chi connectivity index (χ4n) is 2.65. The first-order chi connectivity index (χ1) is 9.84. The van der Waals surface area contributed by atoms with Gasteiger partial charge >= 0.3 is 0 Å². The number of quaternary nitrogens is 1. The first kappa shape index (κ1) is 15.3. The maximum absolute atomic E-state index is 5.34. The Balaban J connectivity index is 1.51. The molecule has 110 valence electrons. The van der Waals surface area contributed by atoms with Crippen molar-refractivity contribution >= 4 is 17.3 Å². The molecule has 0 heterocycles. The molecular formula is C16H26N3S+. The second kappa shape index (κ2) is 8.93. The van der Waals surface area contributed by atoms with Crippen molar-refractivity contribution in [2.24, 2.45) is 0 Å². The van der Waals surface area contributed by atoms with Gasteiger partial charge in [0, 0.05) is 11.6 Å². The molecule has 0 aliphatic heterocycles. The van der Waals surface area contributed by atoms with Crippen molar-refractivity contribution in [3.05, 3.63) is 35.9 Å². The Morgan fingerprint density at radius 2 is 1.90 bits per heavy atom. The van der Waals surface area contributed by atoms with E-state index in [-0.39, 0.29) is 0 Å². The molecule has 0 spiro atoms. The van der Waals surface area contributed by atoms with Gasteiger partial charge in [0.05, 0.1) is 13.1 Å². The largest absolute Gasteiger partial charge is 0.360 e. The highest BCUT2D eigenvalue weighted by atomic mass is 32.1. The van der Waals surface area contributed by atoms with Gasteiger partial charge < -0.3 is 16.0 Å². The molecule has 1 aliphatic carbocycles. The third-order valence-corrected chi connectivity index (χ3v) is 4.06. The van der Waals surface area contributed by atoms with Gasteiger partial charge in [0.1, 0.15) is 6.54 Å². The lowest BCUT2D eigenvalue weighted by atomic mass is 9.96. The van der Waals surface area contributed by atoms with Gasteiger partial charge in [-0.15, -0.1) is 0 Å². The number of benzene rings is 1. The summed E-state index contributed by atoms with van der Waals surface area (Å²) in [5.74, 6) is 0. The summed E-state index contributed by atoms with van der Waals surface area (Å²) in [7, 11) is 0. The van der Waals surface area contributed by atoms with Crippen molar-refractivity contribution in [3.8, 4) is 0 Å². The molecular weight excluding hydrogens is 266 g/mol. The van der Waals surface area contributed by atoms with Gasteiger partial charge in [-0.05, 0) is 25.1 Å². The van der Waals surface area contributed by atoms with Crippen LogP contribution >= 0.6 is 12.2 Å². The fourth-order valence-corrected chi connectivity index (χ4v) is 2.92. The highest BCUT2D eigenvalue weighted by molar-refractivity contribution is 7.80. The number of thiocarbonyl (C=S) groups is 1. The quantitative estimate of drug-likeness (QED) is 0.550. The van der Waals surface area contributed by atoms with E-state index in [1.807, 2.05) is 0 Å². The van der Waals surface area contributed by atoms with Crippen LogP contribution in [0.4, 0.5) is 0 Å². The molecule has 1 aliphatic rings. The average molecular weight is 292 g/mol. The third-order valence-electron chi connectivity index (χ3n) is 3.80. The number of nitrogens with one attached hydrogen (secondary N) is 2. The number of hydrogen-bond acceptors (Lipinski definition) is 1. The van der Waals surface area contributed by atoms with Gasteiger partial charge in [-0.2, -0.15) is 0 Å². The highest BCUT2D eigenvalue weighted by Crippen LogP contribution is 2.17. The van der Waals surface area contributed by atoms with E-state index in [2.05, 4.69) is 46.3 Å². The molecule has 20 heavy (non-hydrogen) atoms. The fraction of sp³-hybridized carbons (Fsp3) is 0.562. The highest BCUT2D eigenvalue weighted by Gasteiger charge is 2.13. The van der Waals surface area contributed by atoms with E-state index in [1.54, 1.807) is 0 Å². The Morgan fingerprint density at radius 3 is 2.65 bits per heavy atom. The summed E-state index contributed by atoms with van der Waals surface area (Å²) in [6, 6.07) is 11.2. The minimum Gasteiger partial charge on any atom is -0.360 e. The van der Waals surface area contributed by atoms with Crippen molar-refractivity contribution in [2.45, 2.75) is 44.7 Å². The first-order valence-electron chi connectivity index (χ1n) is 7.74. The van der Waals surface area contributed by atoms with E-state index < -0.39 is 0 Å². The molecule has 1 aromatic carbocycles. The summed E-state index contributed by atoms with van der Waals surface area (Å²) in [6.07, 6.45) is 6.59. The molecule has 1 saturated carbocycles. The van der Waals surface area contributed by atoms with Crippen molar-refractivity contribution in [1.82, 2.24) is 10.6 Å². The molecule has 3 nitrogen and oxygen atoms in total. The summed E-state index contributed by atoms with van der Waals surface area (Å²) in [5, 5.41) is 9.87. The SMILES string of the molecule is S=C(NCC[NH2+]Cc1ccccc1)NC1CCCCC1. The van der Waals surface area contributed by atoms with Gasteiger partial charge in [0.25, 0.3) is 0 Å². The number of nitrogens with two attached hydrogens (primary N) is 1. The predicted octanol–water partition coefficient (Wildman–Crippen LogP) is 1.55. The van der Waals surface area contributed by atoms with Crippen LogP contribution in [-0.2, 0) is 6.54 Å². The Morgan fingerprint density at radius 1 is 1.15 bits per heavy atom. The summed E-state index contributed by atoms with van der Waals surface area (Å²) in [4.78, 5) is 0. The summed E-state index contributed by atoms with van der Waals surface area (Å²) >= 11 is 5.34. The Labute approximate surface area is 127 Å². The van der Waals surface area contributed by atoms with Crippen LogP contribution in [0, 0.1) is 0 Å². The van der Waals surface area contributed by atoms with Gasteiger partial charge in [0.2, 0.25) is 0 Å². The van der Waals surface area contributed by atoms with Crippen LogP contribution in [0.15, 0.2) is 30.3 Å². The topological polar surface area (TPSA) is 40.7 Å². The molecule has 4 heteroatoms. The smallest absolute Gasteiger partial charge is 0.166 e. The zero-order valence-electron chi connectivity index (χ0n) is 12.1. The first-order valence-corrected chi connectivity index (χ1v) is 8.15. The van der Waals surface area contributed by atoms with Crippen LogP contribution in [0.2, 0.25) is 0 Å². The van der Waals surface area contributed by atoms with E-state index >= 15 is 0 Å². The van der Waals surface area contributed by atoms with E-state index in [0.717, 1.165) is 24.7 Å². The molecule has 0 atom stereocenters.